The van der Waals surface area contributed by atoms with E-state index in [1.165, 1.54) is 22.3 Å². The van der Waals surface area contributed by atoms with Crippen LogP contribution in [-0.4, -0.2) is 23.5 Å². The Morgan fingerprint density at radius 1 is 1.17 bits per heavy atom. The summed E-state index contributed by atoms with van der Waals surface area (Å²) in [6.07, 6.45) is -0.0959. The van der Waals surface area contributed by atoms with Gasteiger partial charge in [-0.05, 0) is 47.1 Å². The Hall–Kier alpha value is -2.39. The maximum atomic E-state index is 14.0. The molecule has 0 bridgehead atoms. The second-order valence-electron chi connectivity index (χ2n) is 6.05. The van der Waals surface area contributed by atoms with Gasteiger partial charge in [0.2, 0.25) is 5.91 Å². The summed E-state index contributed by atoms with van der Waals surface area (Å²) in [6.45, 7) is 2.00. The van der Waals surface area contributed by atoms with E-state index in [-0.39, 0.29) is 37.4 Å². The number of amides is 1. The number of anilines is 1. The van der Waals surface area contributed by atoms with Crippen molar-refractivity contribution >= 4 is 55.0 Å². The van der Waals surface area contributed by atoms with Gasteiger partial charge in [0.25, 0.3) is 0 Å². The number of fused-ring (bicyclic) bond motifs is 1. The number of para-hydroxylation sites is 1. The molecule has 0 N–H and O–H groups in total. The molecule has 9 heteroatoms. The van der Waals surface area contributed by atoms with Crippen molar-refractivity contribution in [1.82, 2.24) is 4.98 Å². The van der Waals surface area contributed by atoms with Crippen LogP contribution in [-0.2, 0) is 20.9 Å². The minimum atomic E-state index is -1.01. The highest BCUT2D eigenvalue weighted by molar-refractivity contribution is 9.10. The zero-order valence-corrected chi connectivity index (χ0v) is 17.9. The van der Waals surface area contributed by atoms with Gasteiger partial charge in [0.1, 0.15) is 10.5 Å². The molecule has 3 rings (SSSR count). The number of hydrogen-bond donors (Lipinski definition) is 0. The minimum absolute atomic E-state index is 0.0476. The highest BCUT2D eigenvalue weighted by Gasteiger charge is 2.22. The second kappa shape index (κ2) is 9.41. The standard InChI is InChI=1S/C20H17BrF2N2O3S/c1-2-28-18(27)10-9-17(26)25(14-6-4-3-5-12(14)21)11-16-24-20-15(29-16)8-7-13(22)19(20)23/h3-8H,2,9-11H2,1H3. The normalized spacial score (nSPS) is 10.9. The van der Waals surface area contributed by atoms with E-state index in [9.17, 15) is 18.4 Å². The molecule has 0 aliphatic carbocycles. The van der Waals surface area contributed by atoms with Crippen molar-refractivity contribution in [1.29, 1.82) is 0 Å². The molecular formula is C20H17BrF2N2O3S. The van der Waals surface area contributed by atoms with E-state index in [2.05, 4.69) is 20.9 Å². The minimum Gasteiger partial charge on any atom is -0.466 e. The number of rotatable bonds is 7. The SMILES string of the molecule is CCOC(=O)CCC(=O)N(Cc1nc2c(F)c(F)ccc2s1)c1ccccc1Br. The van der Waals surface area contributed by atoms with Crippen molar-refractivity contribution in [3.8, 4) is 0 Å². The van der Waals surface area contributed by atoms with Crippen molar-refractivity contribution in [2.45, 2.75) is 26.3 Å². The Morgan fingerprint density at radius 3 is 2.66 bits per heavy atom. The summed E-state index contributed by atoms with van der Waals surface area (Å²) in [7, 11) is 0. The van der Waals surface area contributed by atoms with Gasteiger partial charge in [-0.25, -0.2) is 13.8 Å². The van der Waals surface area contributed by atoms with Crippen LogP contribution >= 0.6 is 27.3 Å². The number of thiazole rings is 1. The topological polar surface area (TPSA) is 59.5 Å². The summed E-state index contributed by atoms with van der Waals surface area (Å²) in [5, 5.41) is 0.449. The number of esters is 1. The van der Waals surface area contributed by atoms with Crippen molar-refractivity contribution in [2.24, 2.45) is 0 Å². The molecule has 0 unspecified atom stereocenters. The molecule has 0 atom stereocenters. The van der Waals surface area contributed by atoms with Gasteiger partial charge in [-0.3, -0.25) is 9.59 Å². The molecule has 0 saturated heterocycles. The Bertz CT molecular complexity index is 1060. The highest BCUT2D eigenvalue weighted by Crippen LogP contribution is 2.31. The average molecular weight is 483 g/mol. The third-order valence-corrected chi connectivity index (χ3v) is 5.76. The Kier molecular flexibility index (Phi) is 6.92. The predicted octanol–water partition coefficient (Wildman–Crippen LogP) is 5.21. The Morgan fingerprint density at radius 2 is 1.93 bits per heavy atom. The largest absolute Gasteiger partial charge is 0.466 e. The Balaban J connectivity index is 1.89. The van der Waals surface area contributed by atoms with Gasteiger partial charge in [0.15, 0.2) is 11.6 Å². The highest BCUT2D eigenvalue weighted by atomic mass is 79.9. The van der Waals surface area contributed by atoms with E-state index in [0.29, 0.717) is 19.9 Å². The fraction of sp³-hybridized carbons (Fsp3) is 0.250. The number of carbonyl (C=O) groups excluding carboxylic acids is 2. The number of halogens is 3. The van der Waals surface area contributed by atoms with Crippen LogP contribution in [0, 0.1) is 11.6 Å². The van der Waals surface area contributed by atoms with Gasteiger partial charge in [-0.1, -0.05) is 12.1 Å². The molecule has 29 heavy (non-hydrogen) atoms. The lowest BCUT2D eigenvalue weighted by molar-refractivity contribution is -0.144. The quantitative estimate of drug-likeness (QED) is 0.433. The average Bonchev–Trinajstić information content (AvgIpc) is 3.12. The Labute approximate surface area is 178 Å². The zero-order valence-electron chi connectivity index (χ0n) is 15.5. The lowest BCUT2D eigenvalue weighted by atomic mass is 10.2. The van der Waals surface area contributed by atoms with Crippen LogP contribution in [0.15, 0.2) is 40.9 Å². The number of hydrogen-bond acceptors (Lipinski definition) is 5. The van der Waals surface area contributed by atoms with Crippen LogP contribution < -0.4 is 4.90 Å². The molecule has 0 fully saturated rings. The van der Waals surface area contributed by atoms with Crippen molar-refractivity contribution < 1.29 is 23.1 Å². The summed E-state index contributed by atoms with van der Waals surface area (Å²) >= 11 is 4.61. The first-order valence-corrected chi connectivity index (χ1v) is 10.5. The number of nitrogens with zero attached hydrogens (tertiary/aromatic N) is 2. The third kappa shape index (κ3) is 4.97. The lowest BCUT2D eigenvalue weighted by Gasteiger charge is -2.23. The maximum absolute atomic E-state index is 14.0. The molecular weight excluding hydrogens is 466 g/mol. The lowest BCUT2D eigenvalue weighted by Crippen LogP contribution is -2.31. The molecule has 0 saturated carbocycles. The molecule has 0 radical (unpaired) electrons. The number of ether oxygens (including phenoxy) is 1. The molecule has 2 aromatic carbocycles. The first kappa shape index (κ1) is 21.3. The number of benzene rings is 2. The maximum Gasteiger partial charge on any atom is 0.306 e. The van der Waals surface area contributed by atoms with Crippen molar-refractivity contribution in [3.05, 3.63) is 57.5 Å². The van der Waals surface area contributed by atoms with E-state index >= 15 is 0 Å². The molecule has 1 amide bonds. The number of carbonyl (C=O) groups is 2. The van der Waals surface area contributed by atoms with Gasteiger partial charge in [-0.2, -0.15) is 0 Å². The monoisotopic (exact) mass is 482 g/mol. The first-order chi connectivity index (χ1) is 13.9. The van der Waals surface area contributed by atoms with Crippen LogP contribution in [0.3, 0.4) is 0 Å². The van der Waals surface area contributed by atoms with Gasteiger partial charge >= 0.3 is 5.97 Å². The fourth-order valence-corrected chi connectivity index (χ4v) is 4.19. The van der Waals surface area contributed by atoms with Crippen LogP contribution in [0.5, 0.6) is 0 Å². The second-order valence-corrected chi connectivity index (χ2v) is 8.02. The summed E-state index contributed by atoms with van der Waals surface area (Å²) in [5.74, 6) is -2.74. The molecule has 152 valence electrons. The van der Waals surface area contributed by atoms with Crippen molar-refractivity contribution in [2.75, 3.05) is 11.5 Å². The summed E-state index contributed by atoms with van der Waals surface area (Å²) in [5.41, 5.74) is 0.531. The molecule has 0 spiro atoms. The van der Waals surface area contributed by atoms with Crippen molar-refractivity contribution in [3.63, 3.8) is 0 Å². The van der Waals surface area contributed by atoms with Crippen LogP contribution in [0.25, 0.3) is 10.2 Å². The molecule has 0 aliphatic rings. The smallest absolute Gasteiger partial charge is 0.306 e. The van der Waals surface area contributed by atoms with E-state index in [4.69, 9.17) is 4.74 Å². The molecule has 0 aliphatic heterocycles. The van der Waals surface area contributed by atoms with Gasteiger partial charge in [-0.15, -0.1) is 11.3 Å². The first-order valence-electron chi connectivity index (χ1n) is 8.84. The van der Waals surface area contributed by atoms with Gasteiger partial charge < -0.3 is 9.64 Å². The van der Waals surface area contributed by atoms with Crippen LogP contribution in [0.2, 0.25) is 0 Å². The van der Waals surface area contributed by atoms with E-state index in [0.717, 1.165) is 6.07 Å². The van der Waals surface area contributed by atoms with Crippen LogP contribution in [0.1, 0.15) is 24.8 Å². The molecule has 1 aromatic heterocycles. The summed E-state index contributed by atoms with van der Waals surface area (Å²) in [6, 6.07) is 9.63. The summed E-state index contributed by atoms with van der Waals surface area (Å²) in [4.78, 5) is 30.2. The zero-order chi connectivity index (χ0) is 21.0. The van der Waals surface area contributed by atoms with E-state index < -0.39 is 17.6 Å². The van der Waals surface area contributed by atoms with Gasteiger partial charge in [0, 0.05) is 10.9 Å². The molecule has 3 aromatic rings. The van der Waals surface area contributed by atoms with Gasteiger partial charge in [0.05, 0.1) is 30.0 Å². The van der Waals surface area contributed by atoms with E-state index in [1.54, 1.807) is 25.1 Å². The molecule has 5 nitrogen and oxygen atoms in total. The van der Waals surface area contributed by atoms with Crippen LogP contribution in [0.4, 0.5) is 14.5 Å². The molecule has 1 heterocycles. The third-order valence-electron chi connectivity index (χ3n) is 4.08. The fourth-order valence-electron chi connectivity index (χ4n) is 2.74. The predicted molar refractivity (Wildman–Crippen MR) is 111 cm³/mol. The number of aromatic nitrogens is 1. The van der Waals surface area contributed by atoms with E-state index in [1.807, 2.05) is 6.07 Å². The summed E-state index contributed by atoms with van der Waals surface area (Å²) < 4.78 is 33.5.